The third-order valence-electron chi connectivity index (χ3n) is 4.57. The minimum absolute atomic E-state index is 0.178. The first kappa shape index (κ1) is 18.5. The van der Waals surface area contributed by atoms with Gasteiger partial charge in [0.1, 0.15) is 5.60 Å². The van der Waals surface area contributed by atoms with Crippen LogP contribution in [0.1, 0.15) is 65.7 Å². The van der Waals surface area contributed by atoms with Gasteiger partial charge >= 0.3 is 6.09 Å². The number of hydrogen-bond donors (Lipinski definition) is 1. The van der Waals surface area contributed by atoms with Gasteiger partial charge in [0.25, 0.3) is 0 Å². The van der Waals surface area contributed by atoms with Crippen LogP contribution >= 0.6 is 0 Å². The van der Waals surface area contributed by atoms with Gasteiger partial charge in [-0.05, 0) is 52.9 Å². The quantitative estimate of drug-likeness (QED) is 0.787. The number of carbonyl (C=O) groups is 1. The molecule has 1 unspecified atom stereocenters. The summed E-state index contributed by atoms with van der Waals surface area (Å²) in [6.45, 7) is 9.03. The van der Waals surface area contributed by atoms with E-state index in [1.165, 1.54) is 25.7 Å². The molecule has 2 fully saturated rings. The summed E-state index contributed by atoms with van der Waals surface area (Å²) < 4.78 is 11.4. The Labute approximate surface area is 141 Å². The molecule has 1 aliphatic carbocycles. The summed E-state index contributed by atoms with van der Waals surface area (Å²) in [4.78, 5) is 14.0. The Hall–Kier alpha value is -0.810. The van der Waals surface area contributed by atoms with Gasteiger partial charge in [-0.15, -0.1) is 0 Å². The van der Waals surface area contributed by atoms with E-state index in [0.29, 0.717) is 12.1 Å². The maximum Gasteiger partial charge on any atom is 0.410 e. The Balaban J connectivity index is 1.62. The first-order chi connectivity index (χ1) is 10.9. The van der Waals surface area contributed by atoms with Crippen molar-refractivity contribution < 1.29 is 14.3 Å². The molecule has 1 N–H and O–H groups in total. The summed E-state index contributed by atoms with van der Waals surface area (Å²) in [5.74, 6) is 0. The number of nitrogens with one attached hydrogen (secondary N) is 1. The van der Waals surface area contributed by atoms with Crippen LogP contribution < -0.4 is 5.32 Å². The maximum absolute atomic E-state index is 12.1. The van der Waals surface area contributed by atoms with E-state index in [9.17, 15) is 4.79 Å². The Morgan fingerprint density at radius 1 is 1.09 bits per heavy atom. The molecule has 134 valence electrons. The van der Waals surface area contributed by atoms with Crippen molar-refractivity contribution in [1.29, 1.82) is 0 Å². The van der Waals surface area contributed by atoms with Crippen LogP contribution in [0.5, 0.6) is 0 Å². The first-order valence-electron chi connectivity index (χ1n) is 9.27. The third-order valence-corrected chi connectivity index (χ3v) is 4.57. The standard InChI is InChI=1S/C18H34N2O3/c1-18(2,3)23-17(21)20-12-6-7-15(10-13-20)19-11-14-22-16-8-4-5-9-16/h15-16,19H,4-14H2,1-3H3. The van der Waals surface area contributed by atoms with E-state index >= 15 is 0 Å². The van der Waals surface area contributed by atoms with Crippen LogP contribution in [-0.2, 0) is 9.47 Å². The number of amides is 1. The minimum atomic E-state index is -0.418. The molecule has 5 heteroatoms. The van der Waals surface area contributed by atoms with E-state index in [1.54, 1.807) is 0 Å². The normalized spacial score (nSPS) is 23.8. The SMILES string of the molecule is CC(C)(C)OC(=O)N1CCCC(NCCOC2CCCC2)CC1. The number of likely N-dealkylation sites (tertiary alicyclic amines) is 1. The van der Waals surface area contributed by atoms with Gasteiger partial charge in [0, 0.05) is 25.7 Å². The Bertz CT molecular complexity index is 362. The largest absolute Gasteiger partial charge is 0.444 e. The predicted octanol–water partition coefficient (Wildman–Crippen LogP) is 3.32. The summed E-state index contributed by atoms with van der Waals surface area (Å²) >= 11 is 0. The monoisotopic (exact) mass is 326 g/mol. The van der Waals surface area contributed by atoms with E-state index in [2.05, 4.69) is 5.32 Å². The summed E-state index contributed by atoms with van der Waals surface area (Å²) in [6, 6.07) is 0.481. The zero-order valence-electron chi connectivity index (χ0n) is 15.1. The lowest BCUT2D eigenvalue weighted by atomic mass is 10.1. The Morgan fingerprint density at radius 2 is 1.83 bits per heavy atom. The van der Waals surface area contributed by atoms with E-state index < -0.39 is 5.60 Å². The molecule has 0 radical (unpaired) electrons. The number of ether oxygens (including phenoxy) is 2. The van der Waals surface area contributed by atoms with Crippen LogP contribution in [0.2, 0.25) is 0 Å². The fourth-order valence-electron chi connectivity index (χ4n) is 3.35. The highest BCUT2D eigenvalue weighted by molar-refractivity contribution is 5.68. The topological polar surface area (TPSA) is 50.8 Å². The van der Waals surface area contributed by atoms with Gasteiger partial charge in [-0.3, -0.25) is 0 Å². The highest BCUT2D eigenvalue weighted by Crippen LogP contribution is 2.20. The Morgan fingerprint density at radius 3 is 2.52 bits per heavy atom. The van der Waals surface area contributed by atoms with Crippen LogP contribution in [0.4, 0.5) is 4.79 Å². The number of hydrogen-bond acceptors (Lipinski definition) is 4. The fourth-order valence-corrected chi connectivity index (χ4v) is 3.35. The zero-order valence-corrected chi connectivity index (χ0v) is 15.1. The van der Waals surface area contributed by atoms with E-state index in [4.69, 9.17) is 9.47 Å². The number of nitrogens with zero attached hydrogens (tertiary/aromatic N) is 1. The van der Waals surface area contributed by atoms with Crippen molar-refractivity contribution in [1.82, 2.24) is 10.2 Å². The van der Waals surface area contributed by atoms with Gasteiger partial charge in [-0.2, -0.15) is 0 Å². The second kappa shape index (κ2) is 8.88. The van der Waals surface area contributed by atoms with Gasteiger partial charge in [0.15, 0.2) is 0 Å². The molecule has 0 aromatic heterocycles. The minimum Gasteiger partial charge on any atom is -0.444 e. The lowest BCUT2D eigenvalue weighted by Gasteiger charge is -2.26. The lowest BCUT2D eigenvalue weighted by Crippen LogP contribution is -2.38. The maximum atomic E-state index is 12.1. The molecule has 0 aromatic rings. The molecule has 1 aliphatic heterocycles. The molecule has 0 aromatic carbocycles. The lowest BCUT2D eigenvalue weighted by molar-refractivity contribution is 0.0255. The van der Waals surface area contributed by atoms with E-state index in [-0.39, 0.29) is 6.09 Å². The van der Waals surface area contributed by atoms with Crippen molar-refractivity contribution in [3.63, 3.8) is 0 Å². The molecule has 1 amide bonds. The summed E-state index contributed by atoms with van der Waals surface area (Å²) in [5.41, 5.74) is -0.418. The third kappa shape index (κ3) is 7.08. The second-order valence-corrected chi connectivity index (χ2v) is 7.83. The highest BCUT2D eigenvalue weighted by Gasteiger charge is 2.25. The van der Waals surface area contributed by atoms with E-state index in [0.717, 1.165) is 45.5 Å². The summed E-state index contributed by atoms with van der Waals surface area (Å²) in [5, 5.41) is 3.59. The van der Waals surface area contributed by atoms with Crippen LogP contribution in [0.15, 0.2) is 0 Å². The van der Waals surface area contributed by atoms with Crippen molar-refractivity contribution in [3.8, 4) is 0 Å². The van der Waals surface area contributed by atoms with E-state index in [1.807, 2.05) is 25.7 Å². The van der Waals surface area contributed by atoms with Crippen molar-refractivity contribution in [2.75, 3.05) is 26.2 Å². The summed E-state index contributed by atoms with van der Waals surface area (Å²) in [7, 11) is 0. The fraction of sp³-hybridized carbons (Fsp3) is 0.944. The predicted molar refractivity (Wildman–Crippen MR) is 91.7 cm³/mol. The molecule has 2 aliphatic rings. The van der Waals surface area contributed by atoms with Crippen LogP contribution in [0.3, 0.4) is 0 Å². The number of rotatable bonds is 5. The second-order valence-electron chi connectivity index (χ2n) is 7.83. The van der Waals surface area contributed by atoms with Crippen LogP contribution in [0.25, 0.3) is 0 Å². The highest BCUT2D eigenvalue weighted by atomic mass is 16.6. The molecular weight excluding hydrogens is 292 g/mol. The molecule has 1 atom stereocenters. The average Bonchev–Trinajstić information content (AvgIpc) is 2.86. The molecule has 2 rings (SSSR count). The molecule has 5 nitrogen and oxygen atoms in total. The molecule has 23 heavy (non-hydrogen) atoms. The van der Waals surface area contributed by atoms with Crippen LogP contribution in [0, 0.1) is 0 Å². The van der Waals surface area contributed by atoms with Gasteiger partial charge < -0.3 is 19.7 Å². The molecular formula is C18H34N2O3. The average molecular weight is 326 g/mol. The van der Waals surface area contributed by atoms with Gasteiger partial charge in [-0.25, -0.2) is 4.79 Å². The Kier molecular flexibility index (Phi) is 7.15. The summed E-state index contributed by atoms with van der Waals surface area (Å²) in [6.07, 6.45) is 8.55. The molecule has 1 saturated heterocycles. The smallest absolute Gasteiger partial charge is 0.410 e. The van der Waals surface area contributed by atoms with Gasteiger partial charge in [-0.1, -0.05) is 12.8 Å². The van der Waals surface area contributed by atoms with Crippen LogP contribution in [-0.4, -0.2) is 55.0 Å². The molecule has 1 saturated carbocycles. The van der Waals surface area contributed by atoms with Gasteiger partial charge in [0.2, 0.25) is 0 Å². The zero-order chi connectivity index (χ0) is 16.7. The van der Waals surface area contributed by atoms with Crippen molar-refractivity contribution >= 4 is 6.09 Å². The molecule has 0 spiro atoms. The molecule has 0 bridgehead atoms. The van der Waals surface area contributed by atoms with Gasteiger partial charge in [0.05, 0.1) is 12.7 Å². The molecule has 1 heterocycles. The first-order valence-corrected chi connectivity index (χ1v) is 9.27. The van der Waals surface area contributed by atoms with Crippen molar-refractivity contribution in [2.45, 2.75) is 83.5 Å². The number of carbonyl (C=O) groups excluding carboxylic acids is 1. The van der Waals surface area contributed by atoms with Crippen molar-refractivity contribution in [2.24, 2.45) is 0 Å². The van der Waals surface area contributed by atoms with Crippen molar-refractivity contribution in [3.05, 3.63) is 0 Å².